The number of nitrogens with zero attached hydrogens (tertiary/aromatic N) is 1. The number of ether oxygens (including phenoxy) is 3. The van der Waals surface area contributed by atoms with Gasteiger partial charge in [0, 0.05) is 35.8 Å². The smallest absolute Gasteiger partial charge is 0.305 e. The Bertz CT molecular complexity index is 1390. The van der Waals surface area contributed by atoms with E-state index in [2.05, 4.69) is 24.3 Å². The van der Waals surface area contributed by atoms with E-state index < -0.39 is 6.29 Å². The number of rotatable bonds is 6. The fourth-order valence-electron chi connectivity index (χ4n) is 3.90. The molecule has 0 amide bonds. The number of fused-ring (bicyclic) bond motifs is 2. The number of pyridine rings is 1. The summed E-state index contributed by atoms with van der Waals surface area (Å²) in [6.45, 7) is 5.10. The zero-order valence-electron chi connectivity index (χ0n) is 18.4. The van der Waals surface area contributed by atoms with Crippen LogP contribution in [0.25, 0.3) is 10.9 Å². The van der Waals surface area contributed by atoms with Gasteiger partial charge in [-0.2, -0.15) is 0 Å². The minimum absolute atomic E-state index is 0.113. The third kappa shape index (κ3) is 4.07. The van der Waals surface area contributed by atoms with E-state index in [9.17, 15) is 9.59 Å². The number of carbonyl (C=O) groups is 1. The Morgan fingerprint density at radius 1 is 0.970 bits per heavy atom. The van der Waals surface area contributed by atoms with Gasteiger partial charge >= 0.3 is 6.29 Å². The minimum atomic E-state index is -1.10. The van der Waals surface area contributed by atoms with Crippen LogP contribution in [-0.4, -0.2) is 23.2 Å². The molecule has 33 heavy (non-hydrogen) atoms. The number of hydrogen-bond donors (Lipinski definition) is 0. The maximum atomic E-state index is 12.9. The van der Waals surface area contributed by atoms with Crippen LogP contribution in [-0.2, 0) is 6.54 Å². The third-order valence-electron chi connectivity index (χ3n) is 5.65. The van der Waals surface area contributed by atoms with Crippen molar-refractivity contribution in [3.8, 4) is 17.2 Å². The molecule has 6 heteroatoms. The summed E-state index contributed by atoms with van der Waals surface area (Å²) in [5.41, 5.74) is 3.37. The molecule has 1 unspecified atom stereocenters. The van der Waals surface area contributed by atoms with E-state index in [1.807, 2.05) is 18.4 Å². The van der Waals surface area contributed by atoms with Gasteiger partial charge in [-0.25, -0.2) is 0 Å². The van der Waals surface area contributed by atoms with Gasteiger partial charge in [0.15, 0.2) is 16.9 Å². The summed E-state index contributed by atoms with van der Waals surface area (Å²) in [5, 5.41) is 0.515. The normalized spacial score (nSPS) is 14.4. The molecule has 0 saturated carbocycles. The van der Waals surface area contributed by atoms with Crippen LogP contribution in [0.3, 0.4) is 0 Å². The summed E-state index contributed by atoms with van der Waals surface area (Å²) in [4.78, 5) is 25.5. The van der Waals surface area contributed by atoms with Crippen molar-refractivity contribution in [3.63, 3.8) is 0 Å². The lowest BCUT2D eigenvalue weighted by atomic mass is 10.1. The number of Topliss-reactive ketones (excluding diaryl/α,β-unsaturated/α-hetero) is 1. The van der Waals surface area contributed by atoms with Crippen molar-refractivity contribution >= 4 is 16.7 Å². The second-order valence-corrected chi connectivity index (χ2v) is 8.00. The highest BCUT2D eigenvalue weighted by Gasteiger charge is 2.32. The molecule has 0 spiro atoms. The topological polar surface area (TPSA) is 66.8 Å². The molecule has 1 aromatic heterocycles. The Balaban J connectivity index is 1.44. The van der Waals surface area contributed by atoms with Crippen LogP contribution in [0.1, 0.15) is 28.4 Å². The summed E-state index contributed by atoms with van der Waals surface area (Å²) in [7, 11) is 0. The summed E-state index contributed by atoms with van der Waals surface area (Å²) < 4.78 is 19.1. The van der Waals surface area contributed by atoms with E-state index in [0.29, 0.717) is 41.3 Å². The molecule has 0 fully saturated rings. The number of aromatic nitrogens is 1. The molecule has 0 saturated heterocycles. The highest BCUT2D eigenvalue weighted by molar-refractivity contribution is 5.99. The lowest BCUT2D eigenvalue weighted by molar-refractivity contribution is 0.0371. The van der Waals surface area contributed by atoms with Crippen LogP contribution in [0.5, 0.6) is 17.2 Å². The van der Waals surface area contributed by atoms with E-state index in [1.54, 1.807) is 48.7 Å². The first-order chi connectivity index (χ1) is 16.0. The van der Waals surface area contributed by atoms with Crippen LogP contribution in [0.4, 0.5) is 0 Å². The molecule has 0 N–H and O–H groups in total. The molecule has 6 nitrogen and oxygen atoms in total. The number of ketones is 1. The van der Waals surface area contributed by atoms with Crippen LogP contribution in [0, 0.1) is 6.92 Å². The molecule has 4 aromatic rings. The Labute approximate surface area is 191 Å². The number of carbonyl (C=O) groups excluding carboxylic acids is 1. The van der Waals surface area contributed by atoms with Gasteiger partial charge in [0.2, 0.25) is 5.78 Å². The van der Waals surface area contributed by atoms with Crippen LogP contribution in [0.15, 0.2) is 77.7 Å². The monoisotopic (exact) mass is 441 g/mol. The molecule has 5 rings (SSSR count). The summed E-state index contributed by atoms with van der Waals surface area (Å²) in [6.07, 6.45) is 0.672. The second kappa shape index (κ2) is 8.47. The fraction of sp³-hybridized carbons (Fsp3) is 0.185. The summed E-state index contributed by atoms with van der Waals surface area (Å²) in [5.74, 6) is 1.22. The number of aryl methyl sites for hydroxylation is 1. The average Bonchev–Trinajstić information content (AvgIpc) is 3.25. The van der Waals surface area contributed by atoms with E-state index in [0.717, 1.165) is 11.1 Å². The Kier molecular flexibility index (Phi) is 5.34. The van der Waals surface area contributed by atoms with Gasteiger partial charge < -0.3 is 18.8 Å². The van der Waals surface area contributed by atoms with Gasteiger partial charge in [-0.15, -0.1) is 0 Å². The van der Waals surface area contributed by atoms with E-state index in [1.165, 1.54) is 5.56 Å². The van der Waals surface area contributed by atoms with Crippen LogP contribution >= 0.6 is 0 Å². The van der Waals surface area contributed by atoms with Crippen molar-refractivity contribution < 1.29 is 19.0 Å². The standard InChI is InChI=1S/C27H23NO5/c1-3-31-20-10-8-19(9-11-20)26(30)27-32-24-14-21-22(15-25(24)33-27)28(13-12-23(21)29)16-18-6-4-17(2)5-7-18/h4-15,27H,3,16H2,1-2H3. The molecule has 1 aliphatic rings. The molecule has 166 valence electrons. The van der Waals surface area contributed by atoms with Crippen LogP contribution < -0.4 is 19.6 Å². The van der Waals surface area contributed by atoms with Gasteiger partial charge in [-0.1, -0.05) is 29.8 Å². The highest BCUT2D eigenvalue weighted by atomic mass is 16.7. The average molecular weight is 441 g/mol. The van der Waals surface area contributed by atoms with Crippen molar-refractivity contribution in [2.75, 3.05) is 6.61 Å². The number of benzene rings is 3. The van der Waals surface area contributed by atoms with Crippen molar-refractivity contribution in [2.24, 2.45) is 0 Å². The van der Waals surface area contributed by atoms with Gasteiger partial charge in [0.1, 0.15) is 5.75 Å². The number of hydrogen-bond acceptors (Lipinski definition) is 5. The molecule has 1 atom stereocenters. The fourth-order valence-corrected chi connectivity index (χ4v) is 3.90. The van der Waals surface area contributed by atoms with Gasteiger partial charge in [-0.05, 0) is 49.7 Å². The van der Waals surface area contributed by atoms with Crippen molar-refractivity contribution in [1.82, 2.24) is 4.57 Å². The lowest BCUT2D eigenvalue weighted by Crippen LogP contribution is -2.29. The second-order valence-electron chi connectivity index (χ2n) is 8.00. The predicted octanol–water partition coefficient (Wildman–Crippen LogP) is 4.74. The largest absolute Gasteiger partial charge is 0.494 e. The molecule has 0 aliphatic carbocycles. The lowest BCUT2D eigenvalue weighted by Gasteiger charge is -2.12. The first-order valence-electron chi connectivity index (χ1n) is 10.8. The van der Waals surface area contributed by atoms with Crippen LogP contribution in [0.2, 0.25) is 0 Å². The molecule has 0 radical (unpaired) electrons. The van der Waals surface area contributed by atoms with E-state index in [4.69, 9.17) is 14.2 Å². The van der Waals surface area contributed by atoms with Crippen molar-refractivity contribution in [1.29, 1.82) is 0 Å². The molecular weight excluding hydrogens is 418 g/mol. The zero-order valence-corrected chi connectivity index (χ0v) is 18.4. The van der Waals surface area contributed by atoms with Crippen molar-refractivity contribution in [2.45, 2.75) is 26.7 Å². The van der Waals surface area contributed by atoms with E-state index >= 15 is 0 Å². The molecule has 3 aromatic carbocycles. The maximum absolute atomic E-state index is 12.9. The summed E-state index contributed by atoms with van der Waals surface area (Å²) >= 11 is 0. The van der Waals surface area contributed by atoms with Gasteiger partial charge in [-0.3, -0.25) is 9.59 Å². The highest BCUT2D eigenvalue weighted by Crippen LogP contribution is 2.38. The maximum Gasteiger partial charge on any atom is 0.305 e. The Morgan fingerprint density at radius 2 is 1.67 bits per heavy atom. The first kappa shape index (κ1) is 20.8. The quantitative estimate of drug-likeness (QED) is 0.405. The summed E-state index contributed by atoms with van der Waals surface area (Å²) in [6, 6.07) is 20.1. The Morgan fingerprint density at radius 3 is 2.36 bits per heavy atom. The molecular formula is C27H23NO5. The zero-order chi connectivity index (χ0) is 22.9. The third-order valence-corrected chi connectivity index (χ3v) is 5.65. The van der Waals surface area contributed by atoms with Gasteiger partial charge in [0.25, 0.3) is 0 Å². The molecule has 1 aliphatic heterocycles. The van der Waals surface area contributed by atoms with Gasteiger partial charge in [0.05, 0.1) is 12.1 Å². The van der Waals surface area contributed by atoms with E-state index in [-0.39, 0.29) is 11.2 Å². The van der Waals surface area contributed by atoms with Crippen molar-refractivity contribution in [3.05, 3.63) is 99.8 Å². The predicted molar refractivity (Wildman–Crippen MR) is 125 cm³/mol. The molecule has 2 heterocycles. The SMILES string of the molecule is CCOc1ccc(C(=O)C2Oc3cc4c(=O)ccn(Cc5ccc(C)cc5)c4cc3O2)cc1. The minimum Gasteiger partial charge on any atom is -0.494 e. The first-order valence-corrected chi connectivity index (χ1v) is 10.8. The Hall–Kier alpha value is -4.06. The molecule has 0 bridgehead atoms.